The predicted octanol–water partition coefficient (Wildman–Crippen LogP) is 8.34. The van der Waals surface area contributed by atoms with Gasteiger partial charge in [-0.2, -0.15) is 0 Å². The Morgan fingerprint density at radius 1 is 1.03 bits per heavy atom. The molecule has 3 aromatic carbocycles. The summed E-state index contributed by atoms with van der Waals surface area (Å²) >= 11 is 8.18. The Balaban J connectivity index is 1.53. The molecule has 1 saturated carbocycles. The molecule has 1 heterocycles. The molecular weight excluding hydrogens is 481 g/mol. The second kappa shape index (κ2) is 10.4. The third kappa shape index (κ3) is 4.93. The Kier molecular flexibility index (Phi) is 7.07. The smallest absolute Gasteiger partial charge is 0.266 e. The van der Waals surface area contributed by atoms with Crippen molar-refractivity contribution in [2.75, 3.05) is 7.11 Å². The van der Waals surface area contributed by atoms with E-state index in [0.29, 0.717) is 16.4 Å². The van der Waals surface area contributed by atoms with Crippen LogP contribution in [0.25, 0.3) is 21.2 Å². The van der Waals surface area contributed by atoms with E-state index in [1.807, 2.05) is 47.4 Å². The molecule has 1 aliphatic carbocycles. The van der Waals surface area contributed by atoms with Gasteiger partial charge < -0.3 is 9.64 Å². The van der Waals surface area contributed by atoms with Gasteiger partial charge in [-0.1, -0.05) is 67.3 Å². The average molecular weight is 508 g/mol. The topological polar surface area (TPSA) is 29.5 Å². The van der Waals surface area contributed by atoms with Crippen LogP contribution in [0.15, 0.2) is 66.7 Å². The number of hydrogen-bond acceptors (Lipinski definition) is 3. The Labute approximate surface area is 214 Å². The molecular formula is C29H27ClFNO2S. The minimum Gasteiger partial charge on any atom is -0.496 e. The van der Waals surface area contributed by atoms with Crippen molar-refractivity contribution in [2.45, 2.75) is 44.7 Å². The normalized spacial score (nSPS) is 14.3. The number of benzene rings is 3. The number of carbonyl (C=O) groups is 1. The minimum absolute atomic E-state index is 0.0302. The first kappa shape index (κ1) is 23.8. The van der Waals surface area contributed by atoms with E-state index in [4.69, 9.17) is 16.3 Å². The number of carbonyl (C=O) groups excluding carboxylic acids is 1. The molecule has 4 aromatic rings. The number of hydrogen-bond donors (Lipinski definition) is 0. The summed E-state index contributed by atoms with van der Waals surface area (Å²) in [5.41, 5.74) is 2.79. The summed E-state index contributed by atoms with van der Waals surface area (Å²) in [6.45, 7) is 0.423. The summed E-state index contributed by atoms with van der Waals surface area (Å²) in [5, 5.41) is 1.45. The van der Waals surface area contributed by atoms with Crippen LogP contribution in [0.4, 0.5) is 4.39 Å². The molecule has 6 heteroatoms. The number of amides is 1. The highest BCUT2D eigenvalue weighted by atomic mass is 35.5. The number of fused-ring (bicyclic) bond motifs is 1. The second-order valence-electron chi connectivity index (χ2n) is 9.00. The van der Waals surface area contributed by atoms with Gasteiger partial charge in [-0.3, -0.25) is 4.79 Å². The van der Waals surface area contributed by atoms with Gasteiger partial charge >= 0.3 is 0 Å². The number of nitrogens with zero attached hydrogens (tertiary/aromatic N) is 1. The van der Waals surface area contributed by atoms with Gasteiger partial charge in [0.15, 0.2) is 0 Å². The fourth-order valence-electron chi connectivity index (χ4n) is 4.95. The molecule has 1 amide bonds. The molecule has 0 radical (unpaired) electrons. The Hall–Kier alpha value is -2.89. The lowest BCUT2D eigenvalue weighted by molar-refractivity contribution is 0.0618. The monoisotopic (exact) mass is 507 g/mol. The summed E-state index contributed by atoms with van der Waals surface area (Å²) in [6, 6.07) is 20.4. The van der Waals surface area contributed by atoms with Crippen LogP contribution in [-0.4, -0.2) is 24.0 Å². The van der Waals surface area contributed by atoms with Crippen molar-refractivity contribution in [1.29, 1.82) is 0 Å². The maximum atomic E-state index is 14.0. The Bertz CT molecular complexity index is 1340. The van der Waals surface area contributed by atoms with Gasteiger partial charge in [-0.25, -0.2) is 4.39 Å². The fraction of sp³-hybridized carbons (Fsp3) is 0.276. The fourth-order valence-corrected chi connectivity index (χ4v) is 6.42. The molecule has 180 valence electrons. The first-order chi connectivity index (χ1) is 17.0. The summed E-state index contributed by atoms with van der Waals surface area (Å²) in [7, 11) is 1.64. The van der Waals surface area contributed by atoms with Crippen LogP contribution in [0.3, 0.4) is 0 Å². The van der Waals surface area contributed by atoms with Crippen LogP contribution < -0.4 is 4.74 Å². The molecule has 0 spiro atoms. The number of thiophene rings is 1. The maximum absolute atomic E-state index is 14.0. The molecule has 0 atom stereocenters. The van der Waals surface area contributed by atoms with Crippen LogP contribution in [0.2, 0.25) is 5.02 Å². The quantitative estimate of drug-likeness (QED) is 0.262. The molecule has 0 bridgehead atoms. The van der Waals surface area contributed by atoms with E-state index >= 15 is 0 Å². The van der Waals surface area contributed by atoms with Crippen LogP contribution in [-0.2, 0) is 6.54 Å². The maximum Gasteiger partial charge on any atom is 0.266 e. The van der Waals surface area contributed by atoms with Gasteiger partial charge in [0.2, 0.25) is 0 Å². The van der Waals surface area contributed by atoms with Gasteiger partial charge in [0.25, 0.3) is 5.91 Å². The van der Waals surface area contributed by atoms with Gasteiger partial charge in [-0.15, -0.1) is 11.3 Å². The van der Waals surface area contributed by atoms with E-state index in [0.717, 1.165) is 58.2 Å². The third-order valence-corrected chi connectivity index (χ3v) is 8.47. The SMILES string of the molecule is COc1ccc(-c2ccc(F)cc2)cc1CN(C(=O)c1sc2ccccc2c1Cl)C1CCCCC1. The summed E-state index contributed by atoms with van der Waals surface area (Å²) in [5.74, 6) is 0.431. The zero-order valence-corrected chi connectivity index (χ0v) is 21.2. The van der Waals surface area contributed by atoms with E-state index in [9.17, 15) is 9.18 Å². The molecule has 35 heavy (non-hydrogen) atoms. The lowest BCUT2D eigenvalue weighted by atomic mass is 9.93. The Morgan fingerprint density at radius 2 is 1.74 bits per heavy atom. The molecule has 0 N–H and O–H groups in total. The number of methoxy groups -OCH3 is 1. The van der Waals surface area contributed by atoms with Crippen LogP contribution in [0, 0.1) is 5.82 Å². The second-order valence-corrected chi connectivity index (χ2v) is 10.4. The third-order valence-electron chi connectivity index (χ3n) is 6.80. The van der Waals surface area contributed by atoms with E-state index in [1.165, 1.54) is 29.9 Å². The van der Waals surface area contributed by atoms with Crippen molar-refractivity contribution in [3.05, 3.63) is 88.0 Å². The van der Waals surface area contributed by atoms with Crippen molar-refractivity contribution in [3.63, 3.8) is 0 Å². The van der Waals surface area contributed by atoms with Crippen molar-refractivity contribution in [1.82, 2.24) is 4.90 Å². The van der Waals surface area contributed by atoms with Gasteiger partial charge in [0.1, 0.15) is 16.4 Å². The molecule has 5 rings (SSSR count). The largest absolute Gasteiger partial charge is 0.496 e. The summed E-state index contributed by atoms with van der Waals surface area (Å²) < 4.78 is 20.2. The lowest BCUT2D eigenvalue weighted by Gasteiger charge is -2.34. The van der Waals surface area contributed by atoms with E-state index in [2.05, 4.69) is 0 Å². The molecule has 0 unspecified atom stereocenters. The molecule has 1 aromatic heterocycles. The minimum atomic E-state index is -0.267. The van der Waals surface area contributed by atoms with Gasteiger partial charge in [-0.05, 0) is 54.3 Å². The van der Waals surface area contributed by atoms with E-state index < -0.39 is 0 Å². The standard InChI is InChI=1S/C29H27ClFNO2S/c1-34-25-16-13-20(19-11-14-22(31)15-12-19)17-21(25)18-32(23-7-3-2-4-8-23)29(33)28-27(30)24-9-5-6-10-26(24)35-28/h5-6,9-17,23H,2-4,7-8,18H2,1H3. The van der Waals surface area contributed by atoms with Crippen LogP contribution >= 0.6 is 22.9 Å². The Morgan fingerprint density at radius 3 is 2.46 bits per heavy atom. The first-order valence-corrected chi connectivity index (χ1v) is 13.2. The highest BCUT2D eigenvalue weighted by molar-refractivity contribution is 7.21. The van der Waals surface area contributed by atoms with Crippen molar-refractivity contribution in [2.24, 2.45) is 0 Å². The van der Waals surface area contributed by atoms with Crippen LogP contribution in [0.1, 0.15) is 47.3 Å². The molecule has 3 nitrogen and oxygen atoms in total. The average Bonchev–Trinajstić information content (AvgIpc) is 3.24. The molecule has 0 aliphatic heterocycles. The van der Waals surface area contributed by atoms with Crippen LogP contribution in [0.5, 0.6) is 5.75 Å². The number of halogens is 2. The number of rotatable bonds is 6. The van der Waals surface area contributed by atoms with E-state index in [-0.39, 0.29) is 17.8 Å². The van der Waals surface area contributed by atoms with Gasteiger partial charge in [0.05, 0.1) is 12.1 Å². The van der Waals surface area contributed by atoms with Crippen molar-refractivity contribution < 1.29 is 13.9 Å². The molecule has 0 saturated heterocycles. The summed E-state index contributed by atoms with van der Waals surface area (Å²) in [4.78, 5) is 16.6. The number of ether oxygens (including phenoxy) is 1. The van der Waals surface area contributed by atoms with Crippen molar-refractivity contribution >= 4 is 38.9 Å². The zero-order valence-electron chi connectivity index (χ0n) is 19.6. The molecule has 1 aliphatic rings. The predicted molar refractivity (Wildman–Crippen MR) is 142 cm³/mol. The van der Waals surface area contributed by atoms with Crippen molar-refractivity contribution in [3.8, 4) is 16.9 Å². The zero-order chi connectivity index (χ0) is 24.4. The molecule has 1 fully saturated rings. The lowest BCUT2D eigenvalue weighted by Crippen LogP contribution is -2.40. The first-order valence-electron chi connectivity index (χ1n) is 12.0. The highest BCUT2D eigenvalue weighted by Gasteiger charge is 2.30. The summed E-state index contributed by atoms with van der Waals surface area (Å²) in [6.07, 6.45) is 5.39. The highest BCUT2D eigenvalue weighted by Crippen LogP contribution is 2.38. The van der Waals surface area contributed by atoms with Gasteiger partial charge in [0, 0.05) is 28.2 Å². The van der Waals surface area contributed by atoms with E-state index in [1.54, 1.807) is 19.2 Å².